The zero-order valence-corrected chi connectivity index (χ0v) is 31.0. The van der Waals surface area contributed by atoms with Crippen LogP contribution in [0.15, 0.2) is 37.1 Å². The maximum atomic E-state index is 13.1. The van der Waals surface area contributed by atoms with Crippen LogP contribution in [0.3, 0.4) is 0 Å². The Morgan fingerprint density at radius 1 is 0.646 bits per heavy atom. The molecular formula is C42H74N2O4. The van der Waals surface area contributed by atoms with Gasteiger partial charge in [-0.2, -0.15) is 0 Å². The van der Waals surface area contributed by atoms with Gasteiger partial charge in [0.05, 0.1) is 6.26 Å². The number of allylic oxidation sites excluding steroid dienone is 4. The summed E-state index contributed by atoms with van der Waals surface area (Å²) >= 11 is 0. The molecule has 1 aliphatic rings. The smallest absolute Gasteiger partial charge is 0.310 e. The molecule has 0 aromatic rings. The van der Waals surface area contributed by atoms with Crippen LogP contribution in [-0.2, 0) is 19.1 Å². The summed E-state index contributed by atoms with van der Waals surface area (Å²) in [5.41, 5.74) is 0. The van der Waals surface area contributed by atoms with Crippen molar-refractivity contribution in [1.29, 1.82) is 0 Å². The van der Waals surface area contributed by atoms with Gasteiger partial charge in [0.2, 0.25) is 11.8 Å². The normalized spacial score (nSPS) is 16.9. The molecule has 0 aromatic heterocycles. The highest BCUT2D eigenvalue weighted by Crippen LogP contribution is 2.14. The minimum absolute atomic E-state index is 0.132. The van der Waals surface area contributed by atoms with Gasteiger partial charge in [0.15, 0.2) is 0 Å². The topological polar surface area (TPSA) is 75.7 Å². The molecule has 1 heterocycles. The first-order valence-corrected chi connectivity index (χ1v) is 20.3. The largest absolute Gasteiger partial charge is 0.435 e. The number of hydrogen-bond donors (Lipinski definition) is 1. The molecule has 0 saturated heterocycles. The van der Waals surface area contributed by atoms with Crippen molar-refractivity contribution in [3.8, 4) is 0 Å². The Kier molecular flexibility index (Phi) is 31.4. The zero-order valence-electron chi connectivity index (χ0n) is 31.0. The Bertz CT molecular complexity index is 853. The van der Waals surface area contributed by atoms with Crippen molar-refractivity contribution in [1.82, 2.24) is 10.2 Å². The first-order chi connectivity index (χ1) is 23.6. The number of ether oxygens (including phenoxy) is 1. The van der Waals surface area contributed by atoms with Gasteiger partial charge in [0, 0.05) is 38.9 Å². The van der Waals surface area contributed by atoms with Gasteiger partial charge in [-0.25, -0.2) is 0 Å². The molecule has 0 aromatic carbocycles. The van der Waals surface area contributed by atoms with Gasteiger partial charge in [0.1, 0.15) is 0 Å². The lowest BCUT2D eigenvalue weighted by Crippen LogP contribution is -2.39. The van der Waals surface area contributed by atoms with E-state index in [0.29, 0.717) is 32.4 Å². The van der Waals surface area contributed by atoms with Crippen molar-refractivity contribution < 1.29 is 19.1 Å². The second-order valence-corrected chi connectivity index (χ2v) is 13.9. The fraction of sp³-hybridized carbons (Fsp3) is 0.786. The molecule has 0 atom stereocenters. The Hall–Kier alpha value is -2.37. The number of hydrogen-bond acceptors (Lipinski definition) is 4. The quantitative estimate of drug-likeness (QED) is 0.0642. The molecule has 0 aliphatic carbocycles. The van der Waals surface area contributed by atoms with E-state index in [1.54, 1.807) is 0 Å². The number of carbonyl (C=O) groups excluding carboxylic acids is 3. The molecule has 0 radical (unpaired) electrons. The summed E-state index contributed by atoms with van der Waals surface area (Å²) in [7, 11) is 0. The van der Waals surface area contributed by atoms with Crippen molar-refractivity contribution in [2.24, 2.45) is 0 Å². The third kappa shape index (κ3) is 29.7. The molecule has 0 bridgehead atoms. The Morgan fingerprint density at radius 2 is 1.15 bits per heavy atom. The number of amides is 2. The van der Waals surface area contributed by atoms with E-state index in [2.05, 4.69) is 36.2 Å². The van der Waals surface area contributed by atoms with Crippen LogP contribution in [0.5, 0.6) is 0 Å². The number of nitrogens with zero attached hydrogens (tertiary/aromatic N) is 1. The molecule has 2 amide bonds. The average molecular weight is 671 g/mol. The summed E-state index contributed by atoms with van der Waals surface area (Å²) in [4.78, 5) is 38.7. The van der Waals surface area contributed by atoms with Gasteiger partial charge >= 0.3 is 5.97 Å². The van der Waals surface area contributed by atoms with Gasteiger partial charge in [-0.15, -0.1) is 0 Å². The number of esters is 1. The van der Waals surface area contributed by atoms with Crippen molar-refractivity contribution in [2.45, 2.75) is 193 Å². The lowest BCUT2D eigenvalue weighted by molar-refractivity contribution is -0.138. The molecule has 6 nitrogen and oxygen atoms in total. The molecule has 1 aliphatic heterocycles. The zero-order chi connectivity index (χ0) is 34.6. The van der Waals surface area contributed by atoms with E-state index in [1.807, 2.05) is 4.90 Å². The van der Waals surface area contributed by atoms with Crippen LogP contribution in [0.4, 0.5) is 0 Å². The van der Waals surface area contributed by atoms with Gasteiger partial charge in [-0.05, 0) is 77.0 Å². The van der Waals surface area contributed by atoms with Crippen LogP contribution in [0.2, 0.25) is 0 Å². The third-order valence-electron chi connectivity index (χ3n) is 9.44. The van der Waals surface area contributed by atoms with Crippen LogP contribution in [-0.4, -0.2) is 42.3 Å². The minimum atomic E-state index is -0.173. The van der Waals surface area contributed by atoms with Crippen LogP contribution in [0, 0.1) is 0 Å². The lowest BCUT2D eigenvalue weighted by Gasteiger charge is -2.23. The number of rotatable bonds is 19. The van der Waals surface area contributed by atoms with Crippen LogP contribution < -0.4 is 5.32 Å². The van der Waals surface area contributed by atoms with E-state index in [-0.39, 0.29) is 17.8 Å². The van der Waals surface area contributed by atoms with Gasteiger partial charge in [0.25, 0.3) is 0 Å². The molecular weight excluding hydrogens is 596 g/mol. The predicted octanol–water partition coefficient (Wildman–Crippen LogP) is 11.4. The monoisotopic (exact) mass is 671 g/mol. The summed E-state index contributed by atoms with van der Waals surface area (Å²) in [6.07, 6.45) is 44.3. The van der Waals surface area contributed by atoms with Gasteiger partial charge < -0.3 is 15.0 Å². The standard InChI is InChI=1S/C42H74N2O4/c1-2-48-42(47)36-32-28-24-20-16-12-8-4-3-7-11-15-19-23-27-31-35-41(46)44-38-33-29-25-21-17-13-9-5-6-10-14-18-22-26-30-34-40(45)43-37-39-44/h2-3,5-7H,1,4,8-39H2,(H,43,45). The molecule has 0 spiro atoms. The highest BCUT2D eigenvalue weighted by atomic mass is 16.5. The number of unbranched alkanes of at least 4 members (excludes halogenated alkanes) is 12. The van der Waals surface area contributed by atoms with Crippen molar-refractivity contribution in [3.05, 3.63) is 37.1 Å². The molecule has 6 heteroatoms. The van der Waals surface area contributed by atoms with Gasteiger partial charge in [-0.1, -0.05) is 127 Å². The van der Waals surface area contributed by atoms with E-state index in [0.717, 1.165) is 57.9 Å². The Morgan fingerprint density at radius 3 is 1.75 bits per heavy atom. The molecule has 0 saturated carbocycles. The molecule has 276 valence electrons. The van der Waals surface area contributed by atoms with E-state index in [9.17, 15) is 14.4 Å². The van der Waals surface area contributed by atoms with Crippen molar-refractivity contribution in [3.63, 3.8) is 0 Å². The average Bonchev–Trinajstić information content (AvgIpc) is 3.07. The molecule has 48 heavy (non-hydrogen) atoms. The number of nitrogens with one attached hydrogen (secondary N) is 1. The predicted molar refractivity (Wildman–Crippen MR) is 203 cm³/mol. The third-order valence-corrected chi connectivity index (χ3v) is 9.44. The minimum Gasteiger partial charge on any atom is -0.435 e. The molecule has 1 rings (SSSR count). The first kappa shape index (κ1) is 43.7. The van der Waals surface area contributed by atoms with Crippen molar-refractivity contribution >= 4 is 17.8 Å². The van der Waals surface area contributed by atoms with E-state index >= 15 is 0 Å². The molecule has 1 N–H and O–H groups in total. The molecule has 0 unspecified atom stereocenters. The summed E-state index contributed by atoms with van der Waals surface area (Å²) in [5.74, 6) is 0.222. The summed E-state index contributed by atoms with van der Waals surface area (Å²) < 4.78 is 4.73. The van der Waals surface area contributed by atoms with E-state index in [4.69, 9.17) is 4.74 Å². The summed E-state index contributed by atoms with van der Waals surface area (Å²) in [6, 6.07) is 0. The fourth-order valence-corrected chi connectivity index (χ4v) is 6.40. The molecule has 0 fully saturated rings. The highest BCUT2D eigenvalue weighted by molar-refractivity contribution is 5.77. The fourth-order valence-electron chi connectivity index (χ4n) is 6.40. The highest BCUT2D eigenvalue weighted by Gasteiger charge is 2.13. The maximum absolute atomic E-state index is 13.1. The van der Waals surface area contributed by atoms with E-state index in [1.165, 1.54) is 128 Å². The summed E-state index contributed by atoms with van der Waals surface area (Å²) in [5, 5.41) is 3.08. The lowest BCUT2D eigenvalue weighted by atomic mass is 10.1. The summed E-state index contributed by atoms with van der Waals surface area (Å²) in [6.45, 7) is 5.43. The SMILES string of the molecule is C=COC(=O)CCCCCCCCCC=CCCCCCCCC(=O)N1CCCCCCCCC=CCCCCCCCC(=O)NCC1. The van der Waals surface area contributed by atoms with Crippen LogP contribution >= 0.6 is 0 Å². The Labute approximate surface area is 296 Å². The second kappa shape index (κ2) is 34.5. The maximum Gasteiger partial charge on any atom is 0.310 e. The van der Waals surface area contributed by atoms with Gasteiger partial charge in [-0.3, -0.25) is 14.4 Å². The van der Waals surface area contributed by atoms with Crippen LogP contribution in [0.1, 0.15) is 193 Å². The van der Waals surface area contributed by atoms with Crippen molar-refractivity contribution in [2.75, 3.05) is 19.6 Å². The first-order valence-electron chi connectivity index (χ1n) is 20.3. The Balaban J connectivity index is 2.14. The van der Waals surface area contributed by atoms with Crippen LogP contribution in [0.25, 0.3) is 0 Å². The second-order valence-electron chi connectivity index (χ2n) is 13.9. The number of carbonyl (C=O) groups is 3. The van der Waals surface area contributed by atoms with E-state index < -0.39 is 0 Å².